The first-order valence-corrected chi connectivity index (χ1v) is 12.0. The van der Waals surface area contributed by atoms with Gasteiger partial charge in [0, 0.05) is 64.4 Å². The molecule has 2 unspecified atom stereocenters. The molecule has 11 nitrogen and oxygen atoms in total. The van der Waals surface area contributed by atoms with Crippen molar-refractivity contribution >= 4 is 5.91 Å². The van der Waals surface area contributed by atoms with Crippen LogP contribution in [0.25, 0.3) is 0 Å². The van der Waals surface area contributed by atoms with Crippen molar-refractivity contribution in [2.24, 2.45) is 10.8 Å². The van der Waals surface area contributed by atoms with Crippen LogP contribution in [0.5, 0.6) is 0 Å². The topological polar surface area (TPSA) is 169 Å². The van der Waals surface area contributed by atoms with Gasteiger partial charge in [0.25, 0.3) is 0 Å². The van der Waals surface area contributed by atoms with Gasteiger partial charge in [-0.25, -0.2) is 5.01 Å². The fourth-order valence-electron chi connectivity index (χ4n) is 5.04. The Hall–Kier alpha value is -2.77. The van der Waals surface area contributed by atoms with Gasteiger partial charge in [-0.1, -0.05) is 20.8 Å². The van der Waals surface area contributed by atoms with E-state index in [1.54, 1.807) is 0 Å². The maximum Gasteiger partial charge on any atom is 0.234 e. The summed E-state index contributed by atoms with van der Waals surface area (Å²) in [6.45, 7) is 8.28. The molecule has 0 heterocycles. The molecule has 1 fully saturated rings. The summed E-state index contributed by atoms with van der Waals surface area (Å²) >= 11 is 0. The van der Waals surface area contributed by atoms with Crippen LogP contribution in [0.15, 0.2) is 0 Å². The number of nitriles is 4. The molecule has 0 saturated heterocycles. The normalized spacial score (nSPS) is 21.2. The highest BCUT2D eigenvalue weighted by molar-refractivity contribution is 5.78. The smallest absolute Gasteiger partial charge is 0.234 e. The molecule has 35 heavy (non-hydrogen) atoms. The monoisotopic (exact) mass is 484 g/mol. The molecule has 0 aromatic rings. The lowest BCUT2D eigenvalue weighted by Crippen LogP contribution is -2.55. The third-order valence-corrected chi connectivity index (χ3v) is 6.12. The van der Waals surface area contributed by atoms with Gasteiger partial charge < -0.3 is 10.5 Å². The third kappa shape index (κ3) is 12.0. The summed E-state index contributed by atoms with van der Waals surface area (Å²) in [5.41, 5.74) is 2.59. The van der Waals surface area contributed by atoms with E-state index in [1.165, 1.54) is 5.01 Å². The van der Waals surface area contributed by atoms with E-state index < -0.39 is 0 Å². The number of rotatable bonds is 15. The van der Waals surface area contributed by atoms with Crippen LogP contribution in [-0.2, 0) is 4.79 Å². The zero-order valence-electron chi connectivity index (χ0n) is 21.2. The van der Waals surface area contributed by atoms with E-state index >= 15 is 0 Å². The van der Waals surface area contributed by atoms with Crippen molar-refractivity contribution in [1.29, 1.82) is 21.0 Å². The highest BCUT2D eigenvalue weighted by Gasteiger charge is 2.41. The number of hydrazine groups is 2. The zero-order valence-corrected chi connectivity index (χ0v) is 21.2. The Bertz CT molecular complexity index is 800. The molecule has 0 aromatic carbocycles. The van der Waals surface area contributed by atoms with Gasteiger partial charge in [-0.2, -0.15) is 21.0 Å². The molecule has 0 aromatic heterocycles. The standard InChI is InChI=1S/C24H38N9O2/c1-23(2)16-21(30-22(34)18-31(12-4-8-25)13-5-9-26)17-24(3,19-23)20-29-33(35)32(14-6-10-27)15-7-11-28/h21,29H,4-7,12-20H2,1-3H3,(H,30,34)/q-1. The van der Waals surface area contributed by atoms with E-state index in [4.69, 9.17) is 21.0 Å². The average molecular weight is 485 g/mol. The van der Waals surface area contributed by atoms with Gasteiger partial charge >= 0.3 is 0 Å². The predicted molar refractivity (Wildman–Crippen MR) is 130 cm³/mol. The van der Waals surface area contributed by atoms with Crippen LogP contribution in [0, 0.1) is 61.4 Å². The van der Waals surface area contributed by atoms with Crippen molar-refractivity contribution in [3.05, 3.63) is 5.21 Å². The maximum atomic E-state index is 12.8. The Morgan fingerprint density at radius 2 is 1.43 bits per heavy atom. The molecular formula is C24H38N9O2-. The van der Waals surface area contributed by atoms with E-state index in [0.717, 1.165) is 12.8 Å². The van der Waals surface area contributed by atoms with Crippen LogP contribution in [0.1, 0.15) is 65.7 Å². The van der Waals surface area contributed by atoms with Gasteiger partial charge in [-0.3, -0.25) is 20.4 Å². The lowest BCUT2D eigenvalue weighted by molar-refractivity contribution is -0.124. The molecular weight excluding hydrogens is 446 g/mol. The van der Waals surface area contributed by atoms with Crippen molar-refractivity contribution in [3.63, 3.8) is 0 Å². The van der Waals surface area contributed by atoms with Crippen LogP contribution < -0.4 is 10.7 Å². The number of nitrogens with one attached hydrogen (secondary N) is 2. The summed E-state index contributed by atoms with van der Waals surface area (Å²) < 4.78 is 0. The Balaban J connectivity index is 2.76. The van der Waals surface area contributed by atoms with Crippen LogP contribution in [0.3, 0.4) is 0 Å². The van der Waals surface area contributed by atoms with E-state index in [2.05, 4.69) is 43.7 Å². The number of nitrogens with zero attached hydrogens (tertiary/aromatic N) is 7. The molecule has 1 amide bonds. The van der Waals surface area contributed by atoms with E-state index in [9.17, 15) is 10.0 Å². The van der Waals surface area contributed by atoms with Gasteiger partial charge in [0.2, 0.25) is 5.91 Å². The van der Waals surface area contributed by atoms with Crippen molar-refractivity contribution in [2.45, 2.75) is 71.8 Å². The minimum atomic E-state index is -0.264. The summed E-state index contributed by atoms with van der Waals surface area (Å²) in [4.78, 5) is 14.6. The molecule has 1 saturated carbocycles. The van der Waals surface area contributed by atoms with Crippen LogP contribution >= 0.6 is 0 Å². The Labute approximate surface area is 209 Å². The fraction of sp³-hybridized carbons (Fsp3) is 0.792. The minimum Gasteiger partial charge on any atom is -0.758 e. The van der Waals surface area contributed by atoms with Crippen molar-refractivity contribution in [1.82, 2.24) is 25.9 Å². The average Bonchev–Trinajstić information content (AvgIpc) is 2.78. The molecule has 2 N–H and O–H groups in total. The summed E-state index contributed by atoms with van der Waals surface area (Å²) in [5.74, 6) is -0.136. The predicted octanol–water partition coefficient (Wildman–Crippen LogP) is 2.17. The van der Waals surface area contributed by atoms with Gasteiger partial charge in [0.05, 0.1) is 30.8 Å². The van der Waals surface area contributed by atoms with Gasteiger partial charge in [0.1, 0.15) is 0 Å². The van der Waals surface area contributed by atoms with E-state index in [-0.39, 0.29) is 55.3 Å². The summed E-state index contributed by atoms with van der Waals surface area (Å²) in [6, 6.07) is 8.12. The second kappa shape index (κ2) is 15.3. The second-order valence-electron chi connectivity index (χ2n) is 10.3. The van der Waals surface area contributed by atoms with Gasteiger partial charge in [-0.05, 0) is 30.1 Å². The van der Waals surface area contributed by atoms with Crippen LogP contribution in [-0.4, -0.2) is 66.4 Å². The quantitative estimate of drug-likeness (QED) is 0.328. The summed E-state index contributed by atoms with van der Waals surface area (Å²) in [5, 5.41) is 53.2. The Kier molecular flexibility index (Phi) is 13.2. The first-order valence-electron chi connectivity index (χ1n) is 12.0. The van der Waals surface area contributed by atoms with Crippen molar-refractivity contribution < 1.29 is 4.79 Å². The fourth-order valence-corrected chi connectivity index (χ4v) is 5.04. The van der Waals surface area contributed by atoms with E-state index in [0.29, 0.717) is 44.2 Å². The zero-order chi connectivity index (χ0) is 26.3. The molecule has 2 atom stereocenters. The molecule has 0 spiro atoms. The number of carbonyl (C=O) groups excluding carboxylic acids is 1. The van der Waals surface area contributed by atoms with Crippen LogP contribution in [0.4, 0.5) is 0 Å². The lowest BCUT2D eigenvalue weighted by atomic mass is 9.62. The number of amides is 1. The Morgan fingerprint density at radius 1 is 0.914 bits per heavy atom. The molecule has 1 rings (SSSR count). The Morgan fingerprint density at radius 3 is 1.94 bits per heavy atom. The van der Waals surface area contributed by atoms with Gasteiger partial charge in [-0.15, -0.1) is 0 Å². The summed E-state index contributed by atoms with van der Waals surface area (Å²) in [7, 11) is 0. The first-order chi connectivity index (χ1) is 16.6. The SMILES string of the molecule is CC1(C)CC(NC(=O)CN(CCC#N)CCC#N)CC(C)(CNN([O-])N(CCC#N)CCC#N)C1. The number of carbonyl (C=O) groups is 1. The van der Waals surface area contributed by atoms with E-state index in [1.807, 2.05) is 17.0 Å². The lowest BCUT2D eigenvalue weighted by Gasteiger charge is -2.49. The highest BCUT2D eigenvalue weighted by atomic mass is 16.6. The molecule has 0 aliphatic heterocycles. The maximum absolute atomic E-state index is 12.8. The number of hydrogen-bond donors (Lipinski definition) is 2. The molecule has 192 valence electrons. The van der Waals surface area contributed by atoms with Crippen LogP contribution in [0.2, 0.25) is 0 Å². The molecule has 0 bridgehead atoms. The first kappa shape index (κ1) is 30.3. The molecule has 11 heteroatoms. The largest absolute Gasteiger partial charge is 0.758 e. The highest BCUT2D eigenvalue weighted by Crippen LogP contribution is 2.45. The third-order valence-electron chi connectivity index (χ3n) is 6.12. The minimum absolute atomic E-state index is 0.0526. The molecule has 1 aliphatic carbocycles. The summed E-state index contributed by atoms with van der Waals surface area (Å²) in [6.07, 6.45) is 3.32. The van der Waals surface area contributed by atoms with Crippen molar-refractivity contribution in [3.8, 4) is 24.3 Å². The van der Waals surface area contributed by atoms with Gasteiger partial charge in [0.15, 0.2) is 0 Å². The second-order valence-corrected chi connectivity index (χ2v) is 10.3. The molecule has 1 aliphatic rings. The number of hydrogen-bond acceptors (Lipinski definition) is 10. The van der Waals surface area contributed by atoms with Crippen molar-refractivity contribution in [2.75, 3.05) is 39.3 Å². The molecule has 0 radical (unpaired) electrons.